The molecule has 1 aromatic carbocycles. The predicted octanol–water partition coefficient (Wildman–Crippen LogP) is 4.13. The minimum atomic E-state index is -3.48. The third kappa shape index (κ3) is 6.27. The topological polar surface area (TPSA) is 43.4 Å². The zero-order valence-corrected chi connectivity index (χ0v) is 15.0. The minimum absolute atomic E-state index is 0.0255. The summed E-state index contributed by atoms with van der Waals surface area (Å²) in [6.45, 7) is 10.7. The van der Waals surface area contributed by atoms with Gasteiger partial charge in [0.2, 0.25) is 9.05 Å². The van der Waals surface area contributed by atoms with E-state index in [-0.39, 0.29) is 17.1 Å². The average Bonchev–Trinajstić information content (AvgIpc) is 2.33. The summed E-state index contributed by atoms with van der Waals surface area (Å²) >= 11 is 0. The molecule has 21 heavy (non-hydrogen) atoms. The lowest BCUT2D eigenvalue weighted by atomic mass is 9.85. The number of benzene rings is 1. The lowest BCUT2D eigenvalue weighted by molar-refractivity contribution is 0.266. The van der Waals surface area contributed by atoms with Crippen LogP contribution in [0.2, 0.25) is 0 Å². The van der Waals surface area contributed by atoms with Crippen LogP contribution in [0.1, 0.15) is 45.7 Å². The quantitative estimate of drug-likeness (QED) is 0.736. The van der Waals surface area contributed by atoms with E-state index in [1.165, 1.54) is 5.56 Å². The number of hydrogen-bond donors (Lipinski definition) is 0. The normalized spacial score (nSPS) is 14.0. The molecule has 1 unspecified atom stereocenters. The number of ether oxygens (including phenoxy) is 1. The molecule has 120 valence electrons. The monoisotopic (exact) mass is 332 g/mol. The summed E-state index contributed by atoms with van der Waals surface area (Å²) in [4.78, 5) is 0. The molecule has 1 rings (SSSR count). The van der Waals surface area contributed by atoms with Crippen molar-refractivity contribution >= 4 is 19.7 Å². The summed E-state index contributed by atoms with van der Waals surface area (Å²) in [6.07, 6.45) is 0.976. The standard InChI is InChI=1S/C16H25ClO3S/c1-6-13-7-8-15(14(9-13)16(3,4)5)20-10-12(2)11-21(17,18)19/h7-9,12H,6,10-11H2,1-5H3. The molecule has 0 aliphatic rings. The van der Waals surface area contributed by atoms with Crippen molar-refractivity contribution in [2.75, 3.05) is 12.4 Å². The number of aryl methyl sites for hydroxylation is 1. The summed E-state index contributed by atoms with van der Waals surface area (Å²) < 4.78 is 28.0. The van der Waals surface area contributed by atoms with Gasteiger partial charge in [0.15, 0.2) is 0 Å². The highest BCUT2D eigenvalue weighted by Gasteiger charge is 2.20. The molecule has 0 N–H and O–H groups in total. The summed E-state index contributed by atoms with van der Waals surface area (Å²) in [7, 11) is 1.79. The van der Waals surface area contributed by atoms with E-state index < -0.39 is 9.05 Å². The molecule has 5 heteroatoms. The Balaban J connectivity index is 2.88. The molecule has 1 aromatic rings. The molecule has 0 spiro atoms. The fourth-order valence-corrected chi connectivity index (χ4v) is 3.55. The van der Waals surface area contributed by atoms with Crippen molar-refractivity contribution in [2.45, 2.75) is 46.5 Å². The number of hydrogen-bond acceptors (Lipinski definition) is 3. The van der Waals surface area contributed by atoms with Gasteiger partial charge in [-0.25, -0.2) is 8.42 Å². The molecule has 1 atom stereocenters. The molecule has 0 aliphatic carbocycles. The molecule has 0 aromatic heterocycles. The first-order chi connectivity index (χ1) is 9.53. The first-order valence-corrected chi connectivity index (χ1v) is 9.69. The van der Waals surface area contributed by atoms with Gasteiger partial charge in [-0.15, -0.1) is 0 Å². The van der Waals surface area contributed by atoms with Gasteiger partial charge in [0.1, 0.15) is 5.75 Å². The average molecular weight is 333 g/mol. The van der Waals surface area contributed by atoms with Gasteiger partial charge in [0.05, 0.1) is 12.4 Å². The summed E-state index contributed by atoms with van der Waals surface area (Å²) in [5.41, 5.74) is 2.38. The first-order valence-electron chi connectivity index (χ1n) is 7.21. The third-order valence-electron chi connectivity index (χ3n) is 3.27. The largest absolute Gasteiger partial charge is 0.493 e. The van der Waals surface area contributed by atoms with Crippen molar-refractivity contribution in [3.8, 4) is 5.75 Å². The third-order valence-corrected chi connectivity index (χ3v) is 4.61. The molecule has 0 amide bonds. The molecule has 0 saturated carbocycles. The summed E-state index contributed by atoms with van der Waals surface area (Å²) in [6, 6.07) is 6.19. The van der Waals surface area contributed by atoms with Crippen LogP contribution < -0.4 is 4.74 Å². The summed E-state index contributed by atoms with van der Waals surface area (Å²) in [5, 5.41) is 0. The van der Waals surface area contributed by atoms with Crippen LogP contribution in [0, 0.1) is 5.92 Å². The van der Waals surface area contributed by atoms with Gasteiger partial charge in [-0.1, -0.05) is 46.8 Å². The van der Waals surface area contributed by atoms with Crippen molar-refractivity contribution in [3.63, 3.8) is 0 Å². The Morgan fingerprint density at radius 3 is 2.38 bits per heavy atom. The second kappa shape index (κ2) is 7.01. The molecule has 3 nitrogen and oxygen atoms in total. The van der Waals surface area contributed by atoms with Crippen LogP contribution in [-0.2, 0) is 20.9 Å². The van der Waals surface area contributed by atoms with Crippen molar-refractivity contribution in [1.82, 2.24) is 0 Å². The van der Waals surface area contributed by atoms with Crippen LogP contribution in [0.4, 0.5) is 0 Å². The van der Waals surface area contributed by atoms with Gasteiger partial charge < -0.3 is 4.74 Å². The fourth-order valence-electron chi connectivity index (χ4n) is 2.13. The van der Waals surface area contributed by atoms with Crippen molar-refractivity contribution in [3.05, 3.63) is 29.3 Å². The van der Waals surface area contributed by atoms with Crippen LogP contribution in [0.5, 0.6) is 5.75 Å². The van der Waals surface area contributed by atoms with Crippen molar-refractivity contribution < 1.29 is 13.2 Å². The zero-order chi connectivity index (χ0) is 16.3. The molecule has 0 bridgehead atoms. The van der Waals surface area contributed by atoms with E-state index in [4.69, 9.17) is 15.4 Å². The first kappa shape index (κ1) is 18.3. The molecule has 0 saturated heterocycles. The molecule has 0 aliphatic heterocycles. The van der Waals surface area contributed by atoms with Crippen molar-refractivity contribution in [1.29, 1.82) is 0 Å². The zero-order valence-electron chi connectivity index (χ0n) is 13.4. The fraction of sp³-hybridized carbons (Fsp3) is 0.625. The Kier molecular flexibility index (Phi) is 6.11. The number of rotatable bonds is 6. The highest BCUT2D eigenvalue weighted by Crippen LogP contribution is 2.32. The van der Waals surface area contributed by atoms with E-state index >= 15 is 0 Å². The van der Waals surface area contributed by atoms with Gasteiger partial charge in [0, 0.05) is 16.6 Å². The molecule has 0 heterocycles. The maximum absolute atomic E-state index is 11.1. The van der Waals surface area contributed by atoms with Crippen LogP contribution >= 0.6 is 10.7 Å². The van der Waals surface area contributed by atoms with Crippen LogP contribution in [0.3, 0.4) is 0 Å². The maximum Gasteiger partial charge on any atom is 0.232 e. The SMILES string of the molecule is CCc1ccc(OCC(C)CS(=O)(=O)Cl)c(C(C)(C)C)c1. The van der Waals surface area contributed by atoms with Crippen molar-refractivity contribution in [2.24, 2.45) is 5.92 Å². The molecular weight excluding hydrogens is 308 g/mol. The van der Waals surface area contributed by atoms with E-state index in [9.17, 15) is 8.42 Å². The Morgan fingerprint density at radius 2 is 1.90 bits per heavy atom. The highest BCUT2D eigenvalue weighted by atomic mass is 35.7. The minimum Gasteiger partial charge on any atom is -0.493 e. The number of halogens is 1. The van der Waals surface area contributed by atoms with Crippen LogP contribution in [0.25, 0.3) is 0 Å². The Labute approximate surface area is 133 Å². The smallest absolute Gasteiger partial charge is 0.232 e. The van der Waals surface area contributed by atoms with Gasteiger partial charge in [0.25, 0.3) is 0 Å². The van der Waals surface area contributed by atoms with E-state index in [1.54, 1.807) is 0 Å². The lowest BCUT2D eigenvalue weighted by Crippen LogP contribution is -2.19. The van der Waals surface area contributed by atoms with Gasteiger partial charge in [-0.3, -0.25) is 0 Å². The Morgan fingerprint density at radius 1 is 1.29 bits per heavy atom. The van der Waals surface area contributed by atoms with Crippen LogP contribution in [-0.4, -0.2) is 20.8 Å². The van der Waals surface area contributed by atoms with E-state index in [0.29, 0.717) is 6.61 Å². The van der Waals surface area contributed by atoms with E-state index in [1.807, 2.05) is 19.1 Å². The van der Waals surface area contributed by atoms with Gasteiger partial charge in [-0.2, -0.15) is 0 Å². The summed E-state index contributed by atoms with van der Waals surface area (Å²) in [5.74, 6) is 0.594. The van der Waals surface area contributed by atoms with Gasteiger partial charge in [-0.05, 0) is 29.0 Å². The Hall–Kier alpha value is -0.740. The molecule has 0 radical (unpaired) electrons. The second-order valence-corrected chi connectivity index (χ2v) is 9.38. The second-order valence-electron chi connectivity index (χ2n) is 6.56. The lowest BCUT2D eigenvalue weighted by Gasteiger charge is -2.24. The van der Waals surface area contributed by atoms with Gasteiger partial charge >= 0.3 is 0 Å². The molecular formula is C16H25ClO3S. The predicted molar refractivity (Wildman–Crippen MR) is 88.8 cm³/mol. The van der Waals surface area contributed by atoms with Crippen LogP contribution in [0.15, 0.2) is 18.2 Å². The van der Waals surface area contributed by atoms with E-state index in [2.05, 4.69) is 33.8 Å². The highest BCUT2D eigenvalue weighted by molar-refractivity contribution is 8.13. The van der Waals surface area contributed by atoms with E-state index in [0.717, 1.165) is 17.7 Å². The molecule has 0 fully saturated rings. The Bertz CT molecular complexity index is 574. The maximum atomic E-state index is 11.1.